The lowest BCUT2D eigenvalue weighted by atomic mass is 10.0. The summed E-state index contributed by atoms with van der Waals surface area (Å²) in [7, 11) is 0. The Hall–Kier alpha value is -3.31. The number of hydrogen-bond acceptors (Lipinski definition) is 7. The quantitative estimate of drug-likeness (QED) is 0.330. The fraction of sp³-hybridized carbons (Fsp3) is 0.333. The molecule has 4 atom stereocenters. The van der Waals surface area contributed by atoms with E-state index < -0.39 is 47.2 Å². The Morgan fingerprint density at radius 2 is 1.97 bits per heavy atom. The number of fused-ring (bicyclic) bond motifs is 1. The van der Waals surface area contributed by atoms with Gasteiger partial charge in [-0.1, -0.05) is 24.8 Å². The highest BCUT2D eigenvalue weighted by Crippen LogP contribution is 2.40. The fourth-order valence-corrected chi connectivity index (χ4v) is 4.78. The Morgan fingerprint density at radius 1 is 1.31 bits per heavy atom. The lowest BCUT2D eigenvalue weighted by molar-refractivity contribution is -0.151. The number of nitrogens with zero attached hydrogens (tertiary/aromatic N) is 1. The first kappa shape index (κ1) is 23.4. The minimum atomic E-state index is -1.23. The van der Waals surface area contributed by atoms with Crippen LogP contribution in [0.4, 0.5) is 0 Å². The van der Waals surface area contributed by atoms with Crippen LogP contribution in [-0.4, -0.2) is 68.1 Å². The minimum Gasteiger partial charge on any atom is -0.508 e. The maximum absolute atomic E-state index is 12.5. The summed E-state index contributed by atoms with van der Waals surface area (Å²) >= 11 is 1.33. The van der Waals surface area contributed by atoms with E-state index in [9.17, 15) is 29.4 Å². The average molecular weight is 461 g/mol. The number of thioether (sulfide) groups is 1. The summed E-state index contributed by atoms with van der Waals surface area (Å²) in [6.45, 7) is 5.05. The van der Waals surface area contributed by atoms with Crippen LogP contribution in [0.25, 0.3) is 0 Å². The second kappa shape index (κ2) is 9.45. The molecule has 2 aliphatic heterocycles. The van der Waals surface area contributed by atoms with Gasteiger partial charge >= 0.3 is 5.97 Å². The van der Waals surface area contributed by atoms with Crippen LogP contribution in [0.2, 0.25) is 0 Å². The van der Waals surface area contributed by atoms with Gasteiger partial charge in [0.2, 0.25) is 11.8 Å². The molecule has 1 aromatic carbocycles. The van der Waals surface area contributed by atoms with Crippen LogP contribution >= 0.6 is 11.8 Å². The second-order valence-corrected chi connectivity index (χ2v) is 8.59. The van der Waals surface area contributed by atoms with E-state index >= 15 is 0 Å². The summed E-state index contributed by atoms with van der Waals surface area (Å²) in [5.74, 6) is -2.43. The standard InChI is InChI=1S/C21H24N4O6S/c1-3-12-9-32-20-15(19(29)25(20)16(12)21(30)31)24-17(27)10(2)23-18(28)14(22)8-11-4-6-13(26)7-5-11/h3-7,10,14-15,20,26H,1,8-9,22H2,2H3,(H,23,28)(H,24,27)(H,30,31)/t10-,14+,15-,20-/m1/s1. The van der Waals surface area contributed by atoms with Gasteiger partial charge in [-0.2, -0.15) is 0 Å². The fourth-order valence-electron chi connectivity index (χ4n) is 3.44. The molecule has 0 spiro atoms. The Morgan fingerprint density at radius 3 is 2.56 bits per heavy atom. The number of nitrogens with one attached hydrogen (secondary N) is 2. The number of carbonyl (C=O) groups is 4. The topological polar surface area (TPSA) is 162 Å². The number of β-lactam (4-membered cyclic amide) rings is 1. The molecule has 2 aliphatic rings. The van der Waals surface area contributed by atoms with Crippen molar-refractivity contribution in [1.82, 2.24) is 15.5 Å². The second-order valence-electron chi connectivity index (χ2n) is 7.49. The van der Waals surface area contributed by atoms with Gasteiger partial charge in [0.05, 0.1) is 6.04 Å². The molecule has 0 radical (unpaired) electrons. The number of hydrogen-bond donors (Lipinski definition) is 5. The summed E-state index contributed by atoms with van der Waals surface area (Å²) in [5, 5.41) is 23.3. The van der Waals surface area contributed by atoms with E-state index in [1.807, 2.05) is 0 Å². The van der Waals surface area contributed by atoms with Crippen molar-refractivity contribution in [3.05, 3.63) is 53.8 Å². The van der Waals surface area contributed by atoms with Crippen LogP contribution in [0.1, 0.15) is 12.5 Å². The first-order chi connectivity index (χ1) is 15.1. The zero-order valence-corrected chi connectivity index (χ0v) is 18.1. The molecule has 6 N–H and O–H groups in total. The molecule has 2 heterocycles. The van der Waals surface area contributed by atoms with E-state index in [2.05, 4.69) is 17.2 Å². The molecule has 0 aliphatic carbocycles. The van der Waals surface area contributed by atoms with Crippen molar-refractivity contribution in [3.8, 4) is 5.75 Å². The van der Waals surface area contributed by atoms with Gasteiger partial charge in [0.1, 0.15) is 28.9 Å². The number of carboxylic acids is 1. The number of amides is 3. The molecule has 10 nitrogen and oxygen atoms in total. The first-order valence-electron chi connectivity index (χ1n) is 9.81. The lowest BCUT2D eigenvalue weighted by Gasteiger charge is -2.49. The largest absolute Gasteiger partial charge is 0.508 e. The third-order valence-corrected chi connectivity index (χ3v) is 6.53. The van der Waals surface area contributed by atoms with Crippen LogP contribution in [-0.2, 0) is 25.6 Å². The molecule has 11 heteroatoms. The van der Waals surface area contributed by atoms with Gasteiger partial charge in [-0.05, 0) is 36.6 Å². The van der Waals surface area contributed by atoms with Crippen molar-refractivity contribution in [1.29, 1.82) is 0 Å². The van der Waals surface area contributed by atoms with E-state index in [0.717, 1.165) is 10.5 Å². The van der Waals surface area contributed by atoms with Gasteiger partial charge in [0, 0.05) is 5.75 Å². The molecule has 0 bridgehead atoms. The molecule has 32 heavy (non-hydrogen) atoms. The molecule has 0 unspecified atom stereocenters. The van der Waals surface area contributed by atoms with E-state index in [0.29, 0.717) is 11.3 Å². The van der Waals surface area contributed by atoms with Crippen molar-refractivity contribution < 1.29 is 29.4 Å². The maximum Gasteiger partial charge on any atom is 0.352 e. The highest BCUT2D eigenvalue weighted by molar-refractivity contribution is 8.00. The zero-order chi connectivity index (χ0) is 23.6. The predicted octanol–water partition coefficient (Wildman–Crippen LogP) is -0.309. The first-order valence-corrected chi connectivity index (χ1v) is 10.9. The van der Waals surface area contributed by atoms with E-state index in [1.54, 1.807) is 12.1 Å². The lowest BCUT2D eigenvalue weighted by Crippen LogP contribution is -2.71. The van der Waals surface area contributed by atoms with Crippen molar-refractivity contribution in [3.63, 3.8) is 0 Å². The molecule has 170 valence electrons. The molecule has 1 fully saturated rings. The Labute approximate surface area is 188 Å². The number of aliphatic carboxylic acids is 1. The number of phenols is 1. The number of phenolic OH excluding ortho intramolecular Hbond substituents is 1. The highest BCUT2D eigenvalue weighted by Gasteiger charge is 2.54. The van der Waals surface area contributed by atoms with Crippen LogP contribution in [0, 0.1) is 0 Å². The molecule has 0 aromatic heterocycles. The Bertz CT molecular complexity index is 993. The van der Waals surface area contributed by atoms with Crippen LogP contribution in [0.5, 0.6) is 5.75 Å². The van der Waals surface area contributed by atoms with E-state index in [-0.39, 0.29) is 17.9 Å². The average Bonchev–Trinajstić information content (AvgIpc) is 2.77. The summed E-state index contributed by atoms with van der Waals surface area (Å²) in [5.41, 5.74) is 6.98. The number of carbonyl (C=O) groups excluding carboxylic acids is 3. The predicted molar refractivity (Wildman–Crippen MR) is 117 cm³/mol. The van der Waals surface area contributed by atoms with E-state index in [1.165, 1.54) is 36.9 Å². The SMILES string of the molecule is C=CC1=C(C(=O)O)N2C(=O)[C@@H](NC(=O)[C@@H](C)NC(=O)[C@@H](N)Cc3ccc(O)cc3)[C@H]2SC1. The van der Waals surface area contributed by atoms with Gasteiger partial charge < -0.3 is 26.6 Å². The molecule has 3 rings (SSSR count). The van der Waals surface area contributed by atoms with Crippen molar-refractivity contribution in [2.45, 2.75) is 36.8 Å². The number of aromatic hydroxyl groups is 1. The highest BCUT2D eigenvalue weighted by atomic mass is 32.2. The van der Waals surface area contributed by atoms with Gasteiger partial charge in [-0.15, -0.1) is 11.8 Å². The number of allylic oxidation sites excluding steroid dienone is 1. The molecular weight excluding hydrogens is 436 g/mol. The smallest absolute Gasteiger partial charge is 0.352 e. The number of carboxylic acid groups (broad SMARTS) is 1. The minimum absolute atomic E-state index is 0.101. The maximum atomic E-state index is 12.5. The third-order valence-electron chi connectivity index (χ3n) is 5.23. The van der Waals surface area contributed by atoms with Crippen molar-refractivity contribution in [2.24, 2.45) is 5.73 Å². The third kappa shape index (κ3) is 4.63. The Kier molecular flexibility index (Phi) is 6.90. The summed E-state index contributed by atoms with van der Waals surface area (Å²) in [4.78, 5) is 50.1. The molecular formula is C21H24N4O6S. The molecule has 1 aromatic rings. The molecule has 3 amide bonds. The normalized spacial score (nSPS) is 21.7. The van der Waals surface area contributed by atoms with Gasteiger partial charge in [0.15, 0.2) is 0 Å². The van der Waals surface area contributed by atoms with Gasteiger partial charge in [-0.25, -0.2) is 4.79 Å². The van der Waals surface area contributed by atoms with E-state index in [4.69, 9.17) is 5.73 Å². The molecule has 1 saturated heterocycles. The van der Waals surface area contributed by atoms with Crippen molar-refractivity contribution >= 4 is 35.5 Å². The van der Waals surface area contributed by atoms with Crippen LogP contribution in [0.15, 0.2) is 48.2 Å². The Balaban J connectivity index is 1.56. The monoisotopic (exact) mass is 460 g/mol. The van der Waals surface area contributed by atoms with Gasteiger partial charge in [-0.3, -0.25) is 19.3 Å². The van der Waals surface area contributed by atoms with Gasteiger partial charge in [0.25, 0.3) is 5.91 Å². The summed E-state index contributed by atoms with van der Waals surface area (Å²) in [6, 6.07) is 3.51. The number of nitrogens with two attached hydrogens (primary N) is 1. The molecule has 0 saturated carbocycles. The van der Waals surface area contributed by atoms with Crippen molar-refractivity contribution in [2.75, 3.05) is 5.75 Å². The summed E-state index contributed by atoms with van der Waals surface area (Å²) < 4.78 is 0. The zero-order valence-electron chi connectivity index (χ0n) is 17.3. The van der Waals surface area contributed by atoms with Crippen LogP contribution < -0.4 is 16.4 Å². The van der Waals surface area contributed by atoms with Crippen LogP contribution in [0.3, 0.4) is 0 Å². The number of benzene rings is 1. The summed E-state index contributed by atoms with van der Waals surface area (Å²) in [6.07, 6.45) is 1.62. The number of rotatable bonds is 8.